The molecule has 0 fully saturated rings. The van der Waals surface area contributed by atoms with Gasteiger partial charge in [-0.3, -0.25) is 37.3 Å². The molecule has 0 aliphatic rings. The van der Waals surface area contributed by atoms with E-state index in [2.05, 4.69) is 55.4 Å². The zero-order chi connectivity index (χ0) is 71.0. The minimum Gasteiger partial charge on any atom is -0.462 e. The Morgan fingerprint density at radius 1 is 0.292 bits per heavy atom. The third-order valence-electron chi connectivity index (χ3n) is 18.2. The summed E-state index contributed by atoms with van der Waals surface area (Å²) in [6.45, 7) is 14.2. The quantitative estimate of drug-likeness (QED) is 0.0222. The fourth-order valence-electron chi connectivity index (χ4n) is 11.7. The fourth-order valence-corrected chi connectivity index (χ4v) is 13.3. The van der Waals surface area contributed by atoms with Crippen molar-refractivity contribution in [2.75, 3.05) is 39.6 Å². The molecule has 0 aliphatic heterocycles. The van der Waals surface area contributed by atoms with Crippen LogP contribution in [0.4, 0.5) is 0 Å². The second kappa shape index (κ2) is 66.3. The van der Waals surface area contributed by atoms with Crippen molar-refractivity contribution in [3.8, 4) is 0 Å². The summed E-state index contributed by atoms with van der Waals surface area (Å²) in [5.74, 6) is 0.962. The van der Waals surface area contributed by atoms with Gasteiger partial charge in [0.25, 0.3) is 0 Å². The number of phosphoric ester groups is 2. The number of carbonyl (C=O) groups excluding carboxylic acids is 4. The zero-order valence-electron chi connectivity index (χ0n) is 63.0. The first kappa shape index (κ1) is 94.1. The van der Waals surface area contributed by atoms with Gasteiger partial charge in [-0.25, -0.2) is 9.13 Å². The lowest BCUT2D eigenvalue weighted by atomic mass is 9.99. The SMILES string of the molecule is CCC(C)CCCCCCCCCCC(=O)OC[C@H](COP(=O)(O)OC[C@H](O)COP(=O)(O)OC[C@@H](COC(=O)CCCCCCCCCCCCC(C)C)OC(=O)CCCCCCCCCCCCCCCCCCC(C)C)OC(=O)CCCCCCCCCCCC(C)C. The summed E-state index contributed by atoms with van der Waals surface area (Å²) in [7, 11) is -9.92. The van der Waals surface area contributed by atoms with Crippen LogP contribution in [0.2, 0.25) is 0 Å². The highest BCUT2D eigenvalue weighted by molar-refractivity contribution is 7.47. The molecule has 0 saturated carbocycles. The number of esters is 4. The lowest BCUT2D eigenvalue weighted by Crippen LogP contribution is -2.30. The van der Waals surface area contributed by atoms with E-state index in [9.17, 15) is 43.2 Å². The first-order valence-electron chi connectivity index (χ1n) is 39.7. The number of phosphoric acid groups is 2. The number of hydrogen-bond donors (Lipinski definition) is 3. The normalized spacial score (nSPS) is 14.4. The molecule has 0 amide bonds. The third kappa shape index (κ3) is 69.2. The van der Waals surface area contributed by atoms with E-state index in [0.717, 1.165) is 114 Å². The predicted octanol–water partition coefficient (Wildman–Crippen LogP) is 22.4. The van der Waals surface area contributed by atoms with Crippen LogP contribution < -0.4 is 0 Å². The van der Waals surface area contributed by atoms with Crippen LogP contribution in [0.15, 0.2) is 0 Å². The molecule has 0 aliphatic carbocycles. The van der Waals surface area contributed by atoms with E-state index < -0.39 is 97.5 Å². The molecule has 0 radical (unpaired) electrons. The molecule has 570 valence electrons. The fraction of sp³-hybridized carbons (Fsp3) is 0.948. The van der Waals surface area contributed by atoms with E-state index >= 15 is 0 Å². The molecular weight excluding hydrogens is 1260 g/mol. The zero-order valence-corrected chi connectivity index (χ0v) is 64.8. The summed E-state index contributed by atoms with van der Waals surface area (Å²) in [6.07, 6.45) is 51.3. The number of carbonyl (C=O) groups is 4. The molecule has 96 heavy (non-hydrogen) atoms. The number of hydrogen-bond acceptors (Lipinski definition) is 15. The maximum atomic E-state index is 13.1. The molecule has 0 aromatic carbocycles. The van der Waals surface area contributed by atoms with Crippen molar-refractivity contribution in [3.05, 3.63) is 0 Å². The van der Waals surface area contributed by atoms with Gasteiger partial charge >= 0.3 is 39.5 Å². The molecule has 6 atom stereocenters. The average molecular weight is 1410 g/mol. The summed E-state index contributed by atoms with van der Waals surface area (Å²) >= 11 is 0. The van der Waals surface area contributed by atoms with Crippen molar-refractivity contribution in [2.45, 2.75) is 408 Å². The summed E-state index contributed by atoms with van der Waals surface area (Å²) < 4.78 is 68.6. The Labute approximate surface area is 588 Å². The van der Waals surface area contributed by atoms with E-state index in [-0.39, 0.29) is 25.7 Å². The number of ether oxygens (including phenoxy) is 4. The van der Waals surface area contributed by atoms with Gasteiger partial charge in [0.15, 0.2) is 12.2 Å². The smallest absolute Gasteiger partial charge is 0.462 e. The van der Waals surface area contributed by atoms with Gasteiger partial charge in [0.2, 0.25) is 0 Å². The molecule has 0 rings (SSSR count). The van der Waals surface area contributed by atoms with Gasteiger partial charge in [-0.05, 0) is 49.4 Å². The van der Waals surface area contributed by atoms with Gasteiger partial charge in [-0.2, -0.15) is 0 Å². The second-order valence-corrected chi connectivity index (χ2v) is 32.3. The van der Waals surface area contributed by atoms with Crippen LogP contribution in [0.25, 0.3) is 0 Å². The Morgan fingerprint density at radius 3 is 0.740 bits per heavy atom. The van der Waals surface area contributed by atoms with Gasteiger partial charge in [-0.15, -0.1) is 0 Å². The van der Waals surface area contributed by atoms with Crippen LogP contribution in [-0.4, -0.2) is 96.7 Å². The number of aliphatic hydroxyl groups excluding tert-OH is 1. The van der Waals surface area contributed by atoms with E-state index in [1.54, 1.807) is 0 Å². The van der Waals surface area contributed by atoms with Crippen molar-refractivity contribution in [2.24, 2.45) is 23.7 Å². The standard InChI is InChI=1S/C77H150O17P2/c1-9-70(8)56-48-40-32-27-28-34-42-50-58-75(80)88-64-73(94-77(82)60-52-44-36-26-20-23-31-39-47-55-69(6)7)66-92-96(85,86)90-62-71(78)61-89-95(83,84)91-65-72(63-87-74(79)57-49-41-33-24-19-18-22-30-38-46-54-68(4)5)93-76(81)59-51-43-35-25-17-15-13-11-10-12-14-16-21-29-37-45-53-67(2)3/h67-73,78H,9-66H2,1-8H3,(H,83,84)(H,85,86)/t70?,71-,72-,73-/m1/s1. The predicted molar refractivity (Wildman–Crippen MR) is 391 cm³/mol. The average Bonchev–Trinajstić information content (AvgIpc) is 1.05. The second-order valence-electron chi connectivity index (χ2n) is 29.4. The topological polar surface area (TPSA) is 237 Å². The van der Waals surface area contributed by atoms with Crippen molar-refractivity contribution < 1.29 is 80.2 Å². The van der Waals surface area contributed by atoms with Crippen LogP contribution in [0.1, 0.15) is 389 Å². The maximum Gasteiger partial charge on any atom is 0.472 e. The third-order valence-corrected chi connectivity index (χ3v) is 20.1. The number of aliphatic hydroxyl groups is 1. The monoisotopic (exact) mass is 1410 g/mol. The minimum atomic E-state index is -4.96. The van der Waals surface area contributed by atoms with Gasteiger partial charge < -0.3 is 33.8 Å². The Kier molecular flexibility index (Phi) is 65.0. The summed E-state index contributed by atoms with van der Waals surface area (Å²) in [6, 6.07) is 0. The molecule has 17 nitrogen and oxygen atoms in total. The highest BCUT2D eigenvalue weighted by Crippen LogP contribution is 2.45. The van der Waals surface area contributed by atoms with Gasteiger partial charge in [0.1, 0.15) is 19.3 Å². The lowest BCUT2D eigenvalue weighted by Gasteiger charge is -2.21. The van der Waals surface area contributed by atoms with Crippen LogP contribution in [0.5, 0.6) is 0 Å². The summed E-state index contributed by atoms with van der Waals surface area (Å²) in [5, 5.41) is 10.6. The van der Waals surface area contributed by atoms with Gasteiger partial charge in [0, 0.05) is 25.7 Å². The molecule has 0 aromatic rings. The molecule has 0 heterocycles. The largest absolute Gasteiger partial charge is 0.472 e. The maximum absolute atomic E-state index is 13.1. The van der Waals surface area contributed by atoms with Crippen molar-refractivity contribution >= 4 is 39.5 Å². The van der Waals surface area contributed by atoms with Crippen molar-refractivity contribution in [3.63, 3.8) is 0 Å². The van der Waals surface area contributed by atoms with E-state index in [1.807, 2.05) is 0 Å². The van der Waals surface area contributed by atoms with Crippen LogP contribution in [0, 0.1) is 23.7 Å². The Morgan fingerprint density at radius 2 is 0.500 bits per heavy atom. The lowest BCUT2D eigenvalue weighted by molar-refractivity contribution is -0.161. The summed E-state index contributed by atoms with van der Waals surface area (Å²) in [5.41, 5.74) is 0. The van der Waals surface area contributed by atoms with Gasteiger partial charge in [-0.1, -0.05) is 338 Å². The minimum absolute atomic E-state index is 0.105. The highest BCUT2D eigenvalue weighted by atomic mass is 31.2. The number of unbranched alkanes of at least 4 members (excludes halogenated alkanes) is 39. The van der Waals surface area contributed by atoms with Crippen molar-refractivity contribution in [1.82, 2.24) is 0 Å². The first-order chi connectivity index (χ1) is 46.1. The molecule has 0 spiro atoms. The first-order valence-corrected chi connectivity index (χ1v) is 42.7. The van der Waals surface area contributed by atoms with E-state index in [4.69, 9.17) is 37.0 Å². The van der Waals surface area contributed by atoms with E-state index in [0.29, 0.717) is 25.7 Å². The van der Waals surface area contributed by atoms with E-state index in [1.165, 1.54) is 193 Å². The highest BCUT2D eigenvalue weighted by Gasteiger charge is 2.30. The molecule has 0 bridgehead atoms. The Bertz CT molecular complexity index is 1890. The Balaban J connectivity index is 5.25. The summed E-state index contributed by atoms with van der Waals surface area (Å²) in [4.78, 5) is 72.9. The molecule has 3 N–H and O–H groups in total. The van der Waals surface area contributed by atoms with Crippen LogP contribution in [-0.2, 0) is 65.4 Å². The number of rotatable bonds is 74. The van der Waals surface area contributed by atoms with Crippen LogP contribution >= 0.6 is 15.6 Å². The molecule has 0 aromatic heterocycles. The molecule has 3 unspecified atom stereocenters. The Hall–Kier alpha value is -1.94. The molecular formula is C77H150O17P2. The molecule has 0 saturated heterocycles. The van der Waals surface area contributed by atoms with Crippen molar-refractivity contribution in [1.29, 1.82) is 0 Å². The van der Waals surface area contributed by atoms with Crippen LogP contribution in [0.3, 0.4) is 0 Å². The van der Waals surface area contributed by atoms with Gasteiger partial charge in [0.05, 0.1) is 26.4 Å². The molecule has 19 heteroatoms.